The van der Waals surface area contributed by atoms with Crippen molar-refractivity contribution in [3.8, 4) is 22.5 Å². The molecule has 0 aliphatic carbocycles. The minimum atomic E-state index is 0.789. The summed E-state index contributed by atoms with van der Waals surface area (Å²) in [5, 5.41) is 0. The second kappa shape index (κ2) is 7.26. The number of hydrogen-bond donors (Lipinski definition) is 0. The molecule has 0 bridgehead atoms. The van der Waals surface area contributed by atoms with E-state index in [0.717, 1.165) is 41.6 Å². The Morgan fingerprint density at radius 1 is 0.750 bits per heavy atom. The molecule has 3 aromatic rings. The molecule has 0 aliphatic heterocycles. The zero-order valence-electron chi connectivity index (χ0n) is 14.5. The lowest BCUT2D eigenvalue weighted by Gasteiger charge is -2.20. The molecule has 0 N–H and O–H groups in total. The Hall–Kier alpha value is -2.68. The van der Waals surface area contributed by atoms with Gasteiger partial charge in [-0.1, -0.05) is 60.2 Å². The molecule has 0 unspecified atom stereocenters. The molecule has 0 radical (unpaired) electrons. The Morgan fingerprint density at radius 2 is 1.29 bits per heavy atom. The van der Waals surface area contributed by atoms with Crippen LogP contribution in [0.25, 0.3) is 22.5 Å². The maximum absolute atomic E-state index is 4.82. The zero-order chi connectivity index (χ0) is 16.9. The van der Waals surface area contributed by atoms with E-state index >= 15 is 0 Å². The van der Waals surface area contributed by atoms with Crippen molar-refractivity contribution in [3.05, 3.63) is 66.2 Å². The second-order valence-corrected chi connectivity index (χ2v) is 5.84. The zero-order valence-corrected chi connectivity index (χ0v) is 14.5. The first-order chi connectivity index (χ1) is 11.7. The van der Waals surface area contributed by atoms with Crippen molar-refractivity contribution in [1.29, 1.82) is 0 Å². The maximum atomic E-state index is 4.82. The van der Waals surface area contributed by atoms with Gasteiger partial charge in [0.05, 0.1) is 11.4 Å². The number of benzene rings is 2. The van der Waals surface area contributed by atoms with Crippen molar-refractivity contribution in [2.24, 2.45) is 0 Å². The highest BCUT2D eigenvalue weighted by atomic mass is 15.2. The maximum Gasteiger partial charge on any atom is 0.226 e. The highest BCUT2D eigenvalue weighted by molar-refractivity contribution is 5.69. The van der Waals surface area contributed by atoms with Crippen LogP contribution in [-0.2, 0) is 0 Å². The Morgan fingerprint density at radius 3 is 1.83 bits per heavy atom. The van der Waals surface area contributed by atoms with Crippen LogP contribution in [-0.4, -0.2) is 23.1 Å². The Kier molecular flexibility index (Phi) is 4.90. The lowest BCUT2D eigenvalue weighted by Crippen LogP contribution is -2.24. The van der Waals surface area contributed by atoms with Crippen molar-refractivity contribution in [2.75, 3.05) is 18.0 Å². The number of anilines is 1. The molecule has 24 heavy (non-hydrogen) atoms. The van der Waals surface area contributed by atoms with Gasteiger partial charge in [-0.15, -0.1) is 0 Å². The van der Waals surface area contributed by atoms with Crippen LogP contribution < -0.4 is 4.90 Å². The molecule has 3 heteroatoms. The van der Waals surface area contributed by atoms with Gasteiger partial charge in [-0.2, -0.15) is 0 Å². The predicted molar refractivity (Wildman–Crippen MR) is 101 cm³/mol. The van der Waals surface area contributed by atoms with Crippen LogP contribution in [0.4, 0.5) is 5.95 Å². The molecule has 122 valence electrons. The third-order valence-electron chi connectivity index (χ3n) is 4.18. The van der Waals surface area contributed by atoms with E-state index in [1.54, 1.807) is 0 Å². The van der Waals surface area contributed by atoms with E-state index in [1.165, 1.54) is 5.56 Å². The van der Waals surface area contributed by atoms with Crippen molar-refractivity contribution < 1.29 is 0 Å². The standard InChI is InChI=1S/C21H23N3/c1-4-24(5-2)21-22-19(17-9-7-6-8-10-17)15-20(23-21)18-13-11-16(3)12-14-18/h6-15H,4-5H2,1-3H3. The first-order valence-electron chi connectivity index (χ1n) is 8.47. The first-order valence-corrected chi connectivity index (χ1v) is 8.47. The molecule has 0 saturated carbocycles. The summed E-state index contributed by atoms with van der Waals surface area (Å²) in [5.74, 6) is 0.789. The molecule has 3 rings (SSSR count). The van der Waals surface area contributed by atoms with E-state index in [-0.39, 0.29) is 0 Å². The smallest absolute Gasteiger partial charge is 0.226 e. The summed E-state index contributed by atoms with van der Waals surface area (Å²) < 4.78 is 0. The molecule has 0 fully saturated rings. The summed E-state index contributed by atoms with van der Waals surface area (Å²) in [4.78, 5) is 11.8. The average Bonchev–Trinajstić information content (AvgIpc) is 2.64. The topological polar surface area (TPSA) is 29.0 Å². The quantitative estimate of drug-likeness (QED) is 0.665. The molecular weight excluding hydrogens is 294 g/mol. The fourth-order valence-corrected chi connectivity index (χ4v) is 2.71. The number of nitrogens with zero attached hydrogens (tertiary/aromatic N) is 3. The van der Waals surface area contributed by atoms with Crippen LogP contribution in [0.5, 0.6) is 0 Å². The molecule has 2 aromatic carbocycles. The number of aryl methyl sites for hydroxylation is 1. The molecule has 1 heterocycles. The fraction of sp³-hybridized carbons (Fsp3) is 0.238. The van der Waals surface area contributed by atoms with Crippen LogP contribution in [0, 0.1) is 6.92 Å². The lowest BCUT2D eigenvalue weighted by molar-refractivity contribution is 0.823. The van der Waals surface area contributed by atoms with Crippen LogP contribution in [0.15, 0.2) is 60.7 Å². The largest absolute Gasteiger partial charge is 0.341 e. The van der Waals surface area contributed by atoms with Gasteiger partial charge in [0.1, 0.15) is 0 Å². The first kappa shape index (κ1) is 16.2. The Bertz CT molecular complexity index is 791. The van der Waals surface area contributed by atoms with E-state index in [4.69, 9.17) is 9.97 Å². The van der Waals surface area contributed by atoms with Crippen LogP contribution >= 0.6 is 0 Å². The van der Waals surface area contributed by atoms with Crippen molar-refractivity contribution in [1.82, 2.24) is 9.97 Å². The minimum Gasteiger partial charge on any atom is -0.341 e. The Labute approximate surface area is 144 Å². The third kappa shape index (κ3) is 3.46. The average molecular weight is 317 g/mol. The van der Waals surface area contributed by atoms with Crippen molar-refractivity contribution >= 4 is 5.95 Å². The summed E-state index contributed by atoms with van der Waals surface area (Å²) in [5.41, 5.74) is 5.41. The highest BCUT2D eigenvalue weighted by Crippen LogP contribution is 2.26. The number of hydrogen-bond acceptors (Lipinski definition) is 3. The summed E-state index contributed by atoms with van der Waals surface area (Å²) in [6, 6.07) is 20.9. The van der Waals surface area contributed by atoms with E-state index in [2.05, 4.69) is 68.1 Å². The van der Waals surface area contributed by atoms with Crippen LogP contribution in [0.2, 0.25) is 0 Å². The monoisotopic (exact) mass is 317 g/mol. The van der Waals surface area contributed by atoms with Crippen molar-refractivity contribution in [2.45, 2.75) is 20.8 Å². The van der Waals surface area contributed by atoms with Gasteiger partial charge >= 0.3 is 0 Å². The number of aromatic nitrogens is 2. The molecule has 3 nitrogen and oxygen atoms in total. The van der Waals surface area contributed by atoms with Crippen LogP contribution in [0.3, 0.4) is 0 Å². The van der Waals surface area contributed by atoms with Gasteiger partial charge in [-0.3, -0.25) is 0 Å². The van der Waals surface area contributed by atoms with Crippen molar-refractivity contribution in [3.63, 3.8) is 0 Å². The molecule has 0 aliphatic rings. The number of rotatable bonds is 5. The molecule has 0 atom stereocenters. The summed E-state index contributed by atoms with van der Waals surface area (Å²) in [6.07, 6.45) is 0. The van der Waals surface area contributed by atoms with Gasteiger partial charge in [0.15, 0.2) is 0 Å². The van der Waals surface area contributed by atoms with E-state index in [0.29, 0.717) is 0 Å². The fourth-order valence-electron chi connectivity index (χ4n) is 2.71. The molecule has 0 spiro atoms. The predicted octanol–water partition coefficient (Wildman–Crippen LogP) is 4.97. The van der Waals surface area contributed by atoms with Gasteiger partial charge in [-0.25, -0.2) is 9.97 Å². The molecular formula is C21H23N3. The van der Waals surface area contributed by atoms with Crippen LogP contribution in [0.1, 0.15) is 19.4 Å². The summed E-state index contributed by atoms with van der Waals surface area (Å²) >= 11 is 0. The van der Waals surface area contributed by atoms with Gasteiger partial charge < -0.3 is 4.90 Å². The Balaban J connectivity index is 2.14. The van der Waals surface area contributed by atoms with E-state index in [9.17, 15) is 0 Å². The third-order valence-corrected chi connectivity index (χ3v) is 4.18. The lowest BCUT2D eigenvalue weighted by atomic mass is 10.1. The summed E-state index contributed by atoms with van der Waals surface area (Å²) in [7, 11) is 0. The normalized spacial score (nSPS) is 10.6. The van der Waals surface area contributed by atoms with Gasteiger partial charge in [0.2, 0.25) is 5.95 Å². The molecule has 0 amide bonds. The highest BCUT2D eigenvalue weighted by Gasteiger charge is 2.12. The minimum absolute atomic E-state index is 0.789. The second-order valence-electron chi connectivity index (χ2n) is 5.84. The van der Waals surface area contributed by atoms with Gasteiger partial charge in [0.25, 0.3) is 0 Å². The van der Waals surface area contributed by atoms with E-state index in [1.807, 2.05) is 18.2 Å². The summed E-state index contributed by atoms with van der Waals surface area (Å²) in [6.45, 7) is 8.14. The van der Waals surface area contributed by atoms with E-state index < -0.39 is 0 Å². The molecule has 0 saturated heterocycles. The SMILES string of the molecule is CCN(CC)c1nc(-c2ccccc2)cc(-c2ccc(C)cc2)n1. The molecule has 1 aromatic heterocycles. The van der Waals surface area contributed by atoms with Gasteiger partial charge in [-0.05, 0) is 26.8 Å². The van der Waals surface area contributed by atoms with Gasteiger partial charge in [0, 0.05) is 24.2 Å².